The SMILES string of the molecule is CCCOc1ccc(C(=O)CCC(=O)NC(C)(CN)C(C)C)cc1. The lowest BCUT2D eigenvalue weighted by molar-refractivity contribution is -0.123. The number of hydrogen-bond donors (Lipinski definition) is 2. The van der Waals surface area contributed by atoms with E-state index in [9.17, 15) is 9.59 Å². The van der Waals surface area contributed by atoms with E-state index in [1.165, 1.54) is 0 Å². The van der Waals surface area contributed by atoms with E-state index in [-0.39, 0.29) is 30.4 Å². The molecule has 1 aromatic rings. The van der Waals surface area contributed by atoms with Gasteiger partial charge in [0.05, 0.1) is 12.1 Å². The van der Waals surface area contributed by atoms with Crippen LogP contribution >= 0.6 is 0 Å². The van der Waals surface area contributed by atoms with Gasteiger partial charge in [-0.25, -0.2) is 0 Å². The largest absolute Gasteiger partial charge is 0.494 e. The van der Waals surface area contributed by atoms with Crippen molar-refractivity contribution in [1.29, 1.82) is 0 Å². The van der Waals surface area contributed by atoms with E-state index in [4.69, 9.17) is 10.5 Å². The average Bonchev–Trinajstić information content (AvgIpc) is 2.58. The highest BCUT2D eigenvalue weighted by Crippen LogP contribution is 2.16. The Hall–Kier alpha value is -1.88. The fraction of sp³-hybridized carbons (Fsp3) is 0.579. The first-order valence-electron chi connectivity index (χ1n) is 8.59. The summed E-state index contributed by atoms with van der Waals surface area (Å²) in [5, 5.41) is 2.95. The second-order valence-corrected chi connectivity index (χ2v) is 6.62. The van der Waals surface area contributed by atoms with Crippen molar-refractivity contribution < 1.29 is 14.3 Å². The zero-order valence-electron chi connectivity index (χ0n) is 15.2. The summed E-state index contributed by atoms with van der Waals surface area (Å²) in [7, 11) is 0. The number of benzene rings is 1. The molecule has 0 fully saturated rings. The highest BCUT2D eigenvalue weighted by Gasteiger charge is 2.28. The number of amides is 1. The predicted octanol–water partition coefficient (Wildman–Crippen LogP) is 2.93. The first-order chi connectivity index (χ1) is 11.3. The van der Waals surface area contributed by atoms with Gasteiger partial charge in [-0.05, 0) is 43.5 Å². The second kappa shape index (κ2) is 9.42. The highest BCUT2D eigenvalue weighted by molar-refractivity contribution is 5.98. The topological polar surface area (TPSA) is 81.4 Å². The third-order valence-corrected chi connectivity index (χ3v) is 4.35. The zero-order valence-corrected chi connectivity index (χ0v) is 15.2. The van der Waals surface area contributed by atoms with Crippen LogP contribution in [0.1, 0.15) is 57.3 Å². The number of hydrogen-bond acceptors (Lipinski definition) is 4. The Morgan fingerprint density at radius 1 is 1.21 bits per heavy atom. The molecule has 0 aromatic heterocycles. The fourth-order valence-electron chi connectivity index (χ4n) is 2.14. The molecule has 1 unspecified atom stereocenters. The zero-order chi connectivity index (χ0) is 18.2. The minimum Gasteiger partial charge on any atom is -0.494 e. The van der Waals surface area contributed by atoms with Gasteiger partial charge in [-0.3, -0.25) is 9.59 Å². The summed E-state index contributed by atoms with van der Waals surface area (Å²) in [6.07, 6.45) is 1.28. The molecule has 0 aliphatic rings. The van der Waals surface area contributed by atoms with Crippen LogP contribution in [0.4, 0.5) is 0 Å². The molecule has 0 heterocycles. The summed E-state index contributed by atoms with van der Waals surface area (Å²) in [5.41, 5.74) is 5.91. The van der Waals surface area contributed by atoms with Gasteiger partial charge < -0.3 is 15.8 Å². The van der Waals surface area contributed by atoms with Crippen LogP contribution in [0.2, 0.25) is 0 Å². The van der Waals surface area contributed by atoms with Crippen LogP contribution in [0.15, 0.2) is 24.3 Å². The van der Waals surface area contributed by atoms with Crippen molar-refractivity contribution in [3.8, 4) is 5.75 Å². The molecule has 5 nitrogen and oxygen atoms in total. The van der Waals surface area contributed by atoms with Crippen molar-refractivity contribution in [2.45, 2.75) is 52.5 Å². The maximum Gasteiger partial charge on any atom is 0.220 e. The minimum absolute atomic E-state index is 0.0498. The van der Waals surface area contributed by atoms with Crippen LogP contribution < -0.4 is 15.8 Å². The van der Waals surface area contributed by atoms with Gasteiger partial charge in [0.15, 0.2) is 5.78 Å². The molecule has 5 heteroatoms. The molecule has 1 aromatic carbocycles. The molecule has 0 saturated carbocycles. The summed E-state index contributed by atoms with van der Waals surface area (Å²) < 4.78 is 5.49. The second-order valence-electron chi connectivity index (χ2n) is 6.62. The van der Waals surface area contributed by atoms with Crippen molar-refractivity contribution in [2.75, 3.05) is 13.2 Å². The lowest BCUT2D eigenvalue weighted by Gasteiger charge is -2.33. The first kappa shape index (κ1) is 20.2. The third-order valence-electron chi connectivity index (χ3n) is 4.35. The van der Waals surface area contributed by atoms with Gasteiger partial charge in [0.25, 0.3) is 0 Å². The number of carbonyl (C=O) groups is 2. The Morgan fingerprint density at radius 2 is 1.83 bits per heavy atom. The third kappa shape index (κ3) is 5.96. The summed E-state index contributed by atoms with van der Waals surface area (Å²) >= 11 is 0. The molecule has 0 spiro atoms. The lowest BCUT2D eigenvalue weighted by atomic mass is 9.88. The molecular weight excluding hydrogens is 304 g/mol. The first-order valence-corrected chi connectivity index (χ1v) is 8.59. The number of Topliss-reactive ketones (excluding diaryl/α,β-unsaturated/α-hetero) is 1. The van der Waals surface area contributed by atoms with Gasteiger partial charge in [-0.2, -0.15) is 0 Å². The van der Waals surface area contributed by atoms with Gasteiger partial charge in [0, 0.05) is 24.9 Å². The van der Waals surface area contributed by atoms with Crippen LogP contribution in [0, 0.1) is 5.92 Å². The Bertz CT molecular complexity index is 540. The number of rotatable bonds is 10. The van der Waals surface area contributed by atoms with Gasteiger partial charge in [0.2, 0.25) is 5.91 Å². The minimum atomic E-state index is -0.446. The van der Waals surface area contributed by atoms with Gasteiger partial charge in [-0.1, -0.05) is 20.8 Å². The molecule has 0 bridgehead atoms. The van der Waals surface area contributed by atoms with Gasteiger partial charge in [-0.15, -0.1) is 0 Å². The van der Waals surface area contributed by atoms with Crippen LogP contribution in [0.25, 0.3) is 0 Å². The fourth-order valence-corrected chi connectivity index (χ4v) is 2.14. The Kier molecular flexibility index (Phi) is 7.92. The van der Waals surface area contributed by atoms with Crippen LogP contribution in [-0.2, 0) is 4.79 Å². The quantitative estimate of drug-likeness (QED) is 0.645. The molecule has 1 atom stereocenters. The Labute approximate surface area is 145 Å². The van der Waals surface area contributed by atoms with E-state index >= 15 is 0 Å². The standard InChI is InChI=1S/C19H30N2O3/c1-5-12-24-16-8-6-15(7-9-16)17(22)10-11-18(23)21-19(4,13-20)14(2)3/h6-9,14H,5,10-13,20H2,1-4H3,(H,21,23). The Balaban J connectivity index is 2.52. The highest BCUT2D eigenvalue weighted by atomic mass is 16.5. The summed E-state index contributed by atoms with van der Waals surface area (Å²) in [4.78, 5) is 24.3. The molecule has 3 N–H and O–H groups in total. The number of carbonyl (C=O) groups excluding carboxylic acids is 2. The summed E-state index contributed by atoms with van der Waals surface area (Å²) in [5.74, 6) is 0.777. The number of nitrogens with one attached hydrogen (secondary N) is 1. The van der Waals surface area contributed by atoms with Crippen LogP contribution in [-0.4, -0.2) is 30.4 Å². The van der Waals surface area contributed by atoms with E-state index in [1.54, 1.807) is 24.3 Å². The molecule has 0 aliphatic heterocycles. The number of nitrogens with two attached hydrogens (primary N) is 1. The van der Waals surface area contributed by atoms with Crippen LogP contribution in [0.5, 0.6) is 5.75 Å². The van der Waals surface area contributed by atoms with Crippen LogP contribution in [0.3, 0.4) is 0 Å². The molecular formula is C19H30N2O3. The molecule has 0 saturated heterocycles. The lowest BCUT2D eigenvalue weighted by Crippen LogP contribution is -2.55. The summed E-state index contributed by atoms with van der Waals surface area (Å²) in [6, 6.07) is 7.05. The number of ketones is 1. The monoisotopic (exact) mass is 334 g/mol. The molecule has 134 valence electrons. The molecule has 0 radical (unpaired) electrons. The van der Waals surface area contributed by atoms with Gasteiger partial charge >= 0.3 is 0 Å². The van der Waals surface area contributed by atoms with E-state index in [0.717, 1.165) is 12.2 Å². The van der Waals surface area contributed by atoms with Crippen molar-refractivity contribution in [1.82, 2.24) is 5.32 Å². The number of ether oxygens (including phenoxy) is 1. The maximum atomic E-state index is 12.2. The van der Waals surface area contributed by atoms with E-state index in [0.29, 0.717) is 18.7 Å². The van der Waals surface area contributed by atoms with Crippen molar-refractivity contribution >= 4 is 11.7 Å². The van der Waals surface area contributed by atoms with E-state index in [1.807, 2.05) is 27.7 Å². The Morgan fingerprint density at radius 3 is 2.33 bits per heavy atom. The smallest absolute Gasteiger partial charge is 0.220 e. The normalized spacial score (nSPS) is 13.4. The molecule has 0 aliphatic carbocycles. The predicted molar refractivity (Wildman–Crippen MR) is 96.2 cm³/mol. The molecule has 24 heavy (non-hydrogen) atoms. The van der Waals surface area contributed by atoms with Crippen molar-refractivity contribution in [3.63, 3.8) is 0 Å². The summed E-state index contributed by atoms with van der Waals surface area (Å²) in [6.45, 7) is 9.01. The van der Waals surface area contributed by atoms with Crippen molar-refractivity contribution in [2.24, 2.45) is 11.7 Å². The molecule has 1 amide bonds. The average molecular weight is 334 g/mol. The maximum absolute atomic E-state index is 12.2. The van der Waals surface area contributed by atoms with Crippen molar-refractivity contribution in [3.05, 3.63) is 29.8 Å². The molecule has 1 rings (SSSR count). The van der Waals surface area contributed by atoms with E-state index < -0.39 is 5.54 Å². The van der Waals surface area contributed by atoms with E-state index in [2.05, 4.69) is 5.32 Å². The van der Waals surface area contributed by atoms with Gasteiger partial charge in [0.1, 0.15) is 5.75 Å².